The summed E-state index contributed by atoms with van der Waals surface area (Å²) >= 11 is 6.17. The predicted octanol–water partition coefficient (Wildman–Crippen LogP) is 3.97. The van der Waals surface area contributed by atoms with E-state index in [9.17, 15) is 18.0 Å². The predicted molar refractivity (Wildman–Crippen MR) is 98.9 cm³/mol. The Labute approximate surface area is 159 Å². The molecule has 2 heterocycles. The molecule has 3 rings (SSSR count). The third-order valence-corrected chi connectivity index (χ3v) is 4.94. The van der Waals surface area contributed by atoms with Gasteiger partial charge in [-0.2, -0.15) is 13.2 Å². The van der Waals surface area contributed by atoms with Crippen LogP contribution < -0.4 is 15.5 Å². The van der Waals surface area contributed by atoms with E-state index in [4.69, 9.17) is 17.3 Å². The van der Waals surface area contributed by atoms with Gasteiger partial charge in [-0.25, -0.2) is 4.98 Å². The number of aromatic nitrogens is 1. The second-order valence-electron chi connectivity index (χ2n) is 6.31. The Bertz CT molecular complexity index is 822. The van der Waals surface area contributed by atoms with Crippen molar-refractivity contribution in [1.82, 2.24) is 4.98 Å². The van der Waals surface area contributed by atoms with E-state index in [0.29, 0.717) is 43.2 Å². The molecule has 1 aromatic heterocycles. The molecular weight excluding hydrogens is 381 g/mol. The van der Waals surface area contributed by atoms with Crippen LogP contribution in [-0.2, 0) is 11.0 Å². The van der Waals surface area contributed by atoms with Gasteiger partial charge in [0.05, 0.1) is 22.0 Å². The van der Waals surface area contributed by atoms with E-state index < -0.39 is 11.7 Å². The molecule has 144 valence electrons. The average molecular weight is 399 g/mol. The standard InChI is InChI=1S/C18H18ClF3N4O/c19-14-2-1-7-24-17(14)25-8-5-13(6-9-25)26(11-27)16-4-3-12(10-15(16)23)18(20,21)22/h1-4,7,10-11,13H,5-6,8-9,23H2. The summed E-state index contributed by atoms with van der Waals surface area (Å²) in [6, 6.07) is 6.38. The molecule has 1 amide bonds. The average Bonchev–Trinajstić information content (AvgIpc) is 2.64. The molecule has 5 nitrogen and oxygen atoms in total. The van der Waals surface area contributed by atoms with Crippen LogP contribution >= 0.6 is 11.6 Å². The number of carbonyl (C=O) groups is 1. The maximum atomic E-state index is 12.8. The molecule has 0 bridgehead atoms. The lowest BCUT2D eigenvalue weighted by atomic mass is 10.0. The fraction of sp³-hybridized carbons (Fsp3) is 0.333. The number of piperidine rings is 1. The maximum absolute atomic E-state index is 12.8. The van der Waals surface area contributed by atoms with Gasteiger partial charge >= 0.3 is 6.18 Å². The van der Waals surface area contributed by atoms with Crippen molar-refractivity contribution in [3.8, 4) is 0 Å². The minimum atomic E-state index is -4.48. The molecule has 1 aliphatic rings. The van der Waals surface area contributed by atoms with Gasteiger partial charge in [0, 0.05) is 25.3 Å². The Balaban J connectivity index is 1.74. The van der Waals surface area contributed by atoms with Gasteiger partial charge in [0.2, 0.25) is 6.41 Å². The number of hydrogen-bond acceptors (Lipinski definition) is 4. The maximum Gasteiger partial charge on any atom is 0.416 e. The van der Waals surface area contributed by atoms with Crippen LogP contribution in [0.4, 0.5) is 30.4 Å². The van der Waals surface area contributed by atoms with E-state index in [1.54, 1.807) is 18.3 Å². The van der Waals surface area contributed by atoms with Gasteiger partial charge in [0.15, 0.2) is 0 Å². The molecule has 1 saturated heterocycles. The topological polar surface area (TPSA) is 62.5 Å². The van der Waals surface area contributed by atoms with Crippen LogP contribution in [0.3, 0.4) is 0 Å². The third-order valence-electron chi connectivity index (χ3n) is 4.64. The first-order valence-corrected chi connectivity index (χ1v) is 8.75. The van der Waals surface area contributed by atoms with Crippen LogP contribution in [0.5, 0.6) is 0 Å². The first kappa shape index (κ1) is 19.3. The van der Waals surface area contributed by atoms with E-state index >= 15 is 0 Å². The van der Waals surface area contributed by atoms with E-state index in [1.807, 2.05) is 4.90 Å². The highest BCUT2D eigenvalue weighted by Crippen LogP contribution is 2.35. The third kappa shape index (κ3) is 4.10. The minimum Gasteiger partial charge on any atom is -0.397 e. The highest BCUT2D eigenvalue weighted by Gasteiger charge is 2.32. The quantitative estimate of drug-likeness (QED) is 0.625. The molecule has 9 heteroatoms. The van der Waals surface area contributed by atoms with Crippen molar-refractivity contribution in [3.05, 3.63) is 47.1 Å². The minimum absolute atomic E-state index is 0.0767. The molecule has 0 saturated carbocycles. The van der Waals surface area contributed by atoms with Crippen LogP contribution in [0.15, 0.2) is 36.5 Å². The normalized spacial score (nSPS) is 15.6. The Morgan fingerprint density at radius 2 is 1.96 bits per heavy atom. The lowest BCUT2D eigenvalue weighted by Gasteiger charge is -2.38. The summed E-state index contributed by atoms with van der Waals surface area (Å²) in [7, 11) is 0. The fourth-order valence-corrected chi connectivity index (χ4v) is 3.51. The number of pyridine rings is 1. The first-order valence-electron chi connectivity index (χ1n) is 8.37. The number of carbonyl (C=O) groups excluding carboxylic acids is 1. The number of benzene rings is 1. The van der Waals surface area contributed by atoms with Gasteiger partial charge in [-0.15, -0.1) is 0 Å². The number of nitrogen functional groups attached to an aromatic ring is 1. The number of hydrogen-bond donors (Lipinski definition) is 1. The summed E-state index contributed by atoms with van der Waals surface area (Å²) in [6.07, 6.45) is -0.967. The van der Waals surface area contributed by atoms with Crippen molar-refractivity contribution in [2.24, 2.45) is 0 Å². The van der Waals surface area contributed by atoms with Crippen LogP contribution in [0.1, 0.15) is 18.4 Å². The van der Waals surface area contributed by atoms with Gasteiger partial charge in [-0.1, -0.05) is 11.6 Å². The van der Waals surface area contributed by atoms with E-state index in [-0.39, 0.29) is 17.4 Å². The summed E-state index contributed by atoms with van der Waals surface area (Å²) in [5, 5.41) is 0.551. The molecule has 0 radical (unpaired) electrons. The molecule has 2 aromatic rings. The Hall–Kier alpha value is -2.48. The Kier molecular flexibility index (Phi) is 5.46. The molecule has 2 N–H and O–H groups in total. The number of rotatable bonds is 4. The SMILES string of the molecule is Nc1cc(C(F)(F)F)ccc1N(C=O)C1CCN(c2ncccc2Cl)CC1. The molecule has 0 atom stereocenters. The second kappa shape index (κ2) is 7.64. The van der Waals surface area contributed by atoms with Crippen LogP contribution in [0.25, 0.3) is 0 Å². The van der Waals surface area contributed by atoms with Crippen molar-refractivity contribution in [2.45, 2.75) is 25.1 Å². The number of nitrogens with two attached hydrogens (primary N) is 1. The molecule has 1 fully saturated rings. The molecule has 0 aliphatic carbocycles. The molecule has 0 unspecified atom stereocenters. The number of halogens is 4. The van der Waals surface area contributed by atoms with Gasteiger partial charge in [-0.3, -0.25) is 4.79 Å². The zero-order valence-corrected chi connectivity index (χ0v) is 15.0. The van der Waals surface area contributed by atoms with Crippen LogP contribution in [0.2, 0.25) is 5.02 Å². The number of anilines is 3. The highest BCUT2D eigenvalue weighted by molar-refractivity contribution is 6.32. The molecular formula is C18H18ClF3N4O. The van der Waals surface area contributed by atoms with Crippen molar-refractivity contribution < 1.29 is 18.0 Å². The second-order valence-corrected chi connectivity index (χ2v) is 6.72. The Morgan fingerprint density at radius 1 is 1.26 bits per heavy atom. The van der Waals surface area contributed by atoms with Crippen molar-refractivity contribution in [1.29, 1.82) is 0 Å². The number of amides is 1. The summed E-state index contributed by atoms with van der Waals surface area (Å²) in [6.45, 7) is 1.23. The van der Waals surface area contributed by atoms with E-state index in [0.717, 1.165) is 12.1 Å². The molecule has 1 aliphatic heterocycles. The van der Waals surface area contributed by atoms with Gasteiger partial charge < -0.3 is 15.5 Å². The zero-order chi connectivity index (χ0) is 19.6. The zero-order valence-electron chi connectivity index (χ0n) is 14.3. The number of nitrogens with zero attached hydrogens (tertiary/aromatic N) is 3. The largest absolute Gasteiger partial charge is 0.416 e. The molecule has 1 aromatic carbocycles. The summed E-state index contributed by atoms with van der Waals surface area (Å²) in [5.41, 5.74) is 5.17. The van der Waals surface area contributed by atoms with Crippen LogP contribution in [0, 0.1) is 0 Å². The first-order chi connectivity index (χ1) is 12.8. The summed E-state index contributed by atoms with van der Waals surface area (Å²) in [4.78, 5) is 19.4. The van der Waals surface area contributed by atoms with E-state index in [2.05, 4.69) is 4.98 Å². The highest BCUT2D eigenvalue weighted by atomic mass is 35.5. The van der Waals surface area contributed by atoms with Gasteiger partial charge in [0.1, 0.15) is 5.82 Å². The van der Waals surface area contributed by atoms with Crippen molar-refractivity contribution in [3.63, 3.8) is 0 Å². The lowest BCUT2D eigenvalue weighted by Crippen LogP contribution is -2.45. The monoisotopic (exact) mass is 398 g/mol. The molecule has 0 spiro atoms. The van der Waals surface area contributed by atoms with Crippen LogP contribution in [-0.4, -0.2) is 30.5 Å². The van der Waals surface area contributed by atoms with E-state index in [1.165, 1.54) is 11.0 Å². The lowest BCUT2D eigenvalue weighted by molar-refractivity contribution is -0.137. The van der Waals surface area contributed by atoms with Gasteiger partial charge in [0.25, 0.3) is 0 Å². The van der Waals surface area contributed by atoms with Crippen molar-refractivity contribution in [2.75, 3.05) is 28.6 Å². The Morgan fingerprint density at radius 3 is 2.52 bits per heavy atom. The van der Waals surface area contributed by atoms with Crippen molar-refractivity contribution >= 4 is 35.2 Å². The summed E-state index contributed by atoms with van der Waals surface area (Å²) in [5.74, 6) is 0.685. The summed E-state index contributed by atoms with van der Waals surface area (Å²) < 4.78 is 38.4. The number of alkyl halides is 3. The fourth-order valence-electron chi connectivity index (χ4n) is 3.27. The smallest absolute Gasteiger partial charge is 0.397 e. The molecule has 27 heavy (non-hydrogen) atoms. The van der Waals surface area contributed by atoms with Gasteiger partial charge in [-0.05, 0) is 43.2 Å².